The van der Waals surface area contributed by atoms with E-state index in [4.69, 9.17) is 15.5 Å². The lowest BCUT2D eigenvalue weighted by Crippen LogP contribution is -2.35. The van der Waals surface area contributed by atoms with Crippen molar-refractivity contribution in [2.45, 2.75) is 32.7 Å². The monoisotopic (exact) mass is 440 g/mol. The SMILES string of the molecule is CCCCN(Cc1ccc(C(=O)NO)cc1)C(=O)Nc1ccc(OCCCN=[N+]=[N-])cc1. The predicted molar refractivity (Wildman–Crippen MR) is 121 cm³/mol. The minimum Gasteiger partial charge on any atom is -0.494 e. The lowest BCUT2D eigenvalue weighted by Gasteiger charge is -2.23. The summed E-state index contributed by atoms with van der Waals surface area (Å²) in [5.74, 6) is 0.0824. The Morgan fingerprint density at radius 3 is 2.47 bits per heavy atom. The smallest absolute Gasteiger partial charge is 0.322 e. The van der Waals surface area contributed by atoms with E-state index < -0.39 is 5.91 Å². The number of anilines is 1. The van der Waals surface area contributed by atoms with Gasteiger partial charge in [-0.15, -0.1) is 0 Å². The number of unbranched alkanes of at least 4 members (excludes halogenated alkanes) is 1. The van der Waals surface area contributed by atoms with E-state index >= 15 is 0 Å². The Labute approximate surface area is 186 Å². The average molecular weight is 441 g/mol. The molecule has 0 bridgehead atoms. The summed E-state index contributed by atoms with van der Waals surface area (Å²) in [7, 11) is 0. The number of amides is 3. The summed E-state index contributed by atoms with van der Waals surface area (Å²) in [4.78, 5) is 28.7. The van der Waals surface area contributed by atoms with E-state index in [2.05, 4.69) is 22.3 Å². The standard InChI is InChI=1S/C22H28N6O4/c1-2-3-14-28(16-17-5-7-18(8-6-17)21(29)26-31)22(30)25-19-9-11-20(12-10-19)32-15-4-13-24-27-23/h5-12,31H,2-4,13-16H2,1H3,(H,25,30)(H,26,29). The minimum atomic E-state index is -0.583. The molecule has 170 valence electrons. The first-order valence-electron chi connectivity index (χ1n) is 10.4. The molecule has 3 amide bonds. The lowest BCUT2D eigenvalue weighted by molar-refractivity contribution is 0.0706. The Bertz CT molecular complexity index is 911. The second-order valence-electron chi connectivity index (χ2n) is 7.02. The van der Waals surface area contributed by atoms with Gasteiger partial charge in [0.1, 0.15) is 5.75 Å². The molecule has 0 heterocycles. The van der Waals surface area contributed by atoms with Crippen molar-refractivity contribution >= 4 is 17.6 Å². The molecule has 0 aromatic heterocycles. The summed E-state index contributed by atoms with van der Waals surface area (Å²) in [6.45, 7) is 3.86. The number of nitrogens with one attached hydrogen (secondary N) is 2. The number of azide groups is 1. The van der Waals surface area contributed by atoms with Gasteiger partial charge in [-0.2, -0.15) is 0 Å². The molecule has 0 radical (unpaired) electrons. The van der Waals surface area contributed by atoms with E-state index in [1.165, 1.54) is 0 Å². The highest BCUT2D eigenvalue weighted by atomic mass is 16.5. The minimum absolute atomic E-state index is 0.223. The predicted octanol–water partition coefficient (Wildman–Crippen LogP) is 4.72. The number of carbonyl (C=O) groups excluding carboxylic acids is 2. The van der Waals surface area contributed by atoms with Crippen LogP contribution < -0.4 is 15.5 Å². The van der Waals surface area contributed by atoms with Gasteiger partial charge in [-0.3, -0.25) is 10.0 Å². The molecule has 0 aliphatic carbocycles. The highest BCUT2D eigenvalue weighted by Gasteiger charge is 2.14. The first kappa shape index (κ1) is 24.5. The Balaban J connectivity index is 1.95. The number of benzene rings is 2. The van der Waals surface area contributed by atoms with Gasteiger partial charge in [0, 0.05) is 35.8 Å². The molecule has 0 unspecified atom stereocenters. The summed E-state index contributed by atoms with van der Waals surface area (Å²) in [5.41, 5.74) is 11.7. The van der Waals surface area contributed by atoms with Gasteiger partial charge in [-0.05, 0) is 60.3 Å². The molecule has 2 aromatic carbocycles. The van der Waals surface area contributed by atoms with Crippen LogP contribution in [0, 0.1) is 0 Å². The zero-order valence-electron chi connectivity index (χ0n) is 18.0. The maximum Gasteiger partial charge on any atom is 0.322 e. The van der Waals surface area contributed by atoms with Gasteiger partial charge >= 0.3 is 6.03 Å². The van der Waals surface area contributed by atoms with Crippen molar-refractivity contribution in [2.24, 2.45) is 5.11 Å². The van der Waals surface area contributed by atoms with E-state index in [1.807, 2.05) is 0 Å². The fraction of sp³-hybridized carbons (Fsp3) is 0.364. The normalized spacial score (nSPS) is 10.1. The Kier molecular flexibility index (Phi) is 10.4. The van der Waals surface area contributed by atoms with E-state index in [0.717, 1.165) is 18.4 Å². The molecule has 2 rings (SSSR count). The topological polar surface area (TPSA) is 140 Å². The van der Waals surface area contributed by atoms with Crippen molar-refractivity contribution in [2.75, 3.05) is 25.0 Å². The van der Waals surface area contributed by atoms with Crippen LogP contribution in [0.5, 0.6) is 5.75 Å². The van der Waals surface area contributed by atoms with Crippen LogP contribution in [0.15, 0.2) is 53.6 Å². The second-order valence-corrected chi connectivity index (χ2v) is 7.02. The van der Waals surface area contributed by atoms with Crippen LogP contribution in [0.4, 0.5) is 10.5 Å². The van der Waals surface area contributed by atoms with Gasteiger partial charge in [0.15, 0.2) is 0 Å². The quantitative estimate of drug-likeness (QED) is 0.110. The Hall–Kier alpha value is -3.75. The first-order chi connectivity index (χ1) is 15.6. The van der Waals surface area contributed by atoms with Crippen molar-refractivity contribution < 1.29 is 19.5 Å². The van der Waals surface area contributed by atoms with E-state index in [9.17, 15) is 9.59 Å². The number of ether oxygens (including phenoxy) is 1. The molecule has 0 spiro atoms. The molecule has 32 heavy (non-hydrogen) atoms. The summed E-state index contributed by atoms with van der Waals surface area (Å²) in [6.07, 6.45) is 2.44. The van der Waals surface area contributed by atoms with Crippen molar-refractivity contribution in [1.29, 1.82) is 0 Å². The van der Waals surface area contributed by atoms with Gasteiger partial charge in [0.2, 0.25) is 0 Å². The van der Waals surface area contributed by atoms with Crippen LogP contribution in [0.3, 0.4) is 0 Å². The van der Waals surface area contributed by atoms with Crippen LogP contribution in [-0.4, -0.2) is 41.7 Å². The van der Waals surface area contributed by atoms with Gasteiger partial charge in [-0.1, -0.05) is 30.6 Å². The third-order valence-electron chi connectivity index (χ3n) is 4.60. The Morgan fingerprint density at radius 1 is 1.12 bits per heavy atom. The van der Waals surface area contributed by atoms with Crippen LogP contribution in [0.25, 0.3) is 10.4 Å². The largest absolute Gasteiger partial charge is 0.494 e. The number of hydrogen-bond donors (Lipinski definition) is 3. The zero-order valence-corrected chi connectivity index (χ0v) is 18.0. The molecule has 2 aromatic rings. The van der Waals surface area contributed by atoms with Gasteiger partial charge in [0.25, 0.3) is 5.91 Å². The van der Waals surface area contributed by atoms with Gasteiger partial charge in [0.05, 0.1) is 6.61 Å². The van der Waals surface area contributed by atoms with Crippen molar-refractivity contribution in [3.05, 3.63) is 70.1 Å². The van der Waals surface area contributed by atoms with Gasteiger partial charge in [-0.25, -0.2) is 10.3 Å². The number of carbonyl (C=O) groups is 2. The van der Waals surface area contributed by atoms with Crippen LogP contribution in [-0.2, 0) is 6.54 Å². The molecule has 0 saturated carbocycles. The van der Waals surface area contributed by atoms with Crippen molar-refractivity contribution in [1.82, 2.24) is 10.4 Å². The molecular formula is C22H28N6O4. The van der Waals surface area contributed by atoms with Crippen LogP contribution in [0.2, 0.25) is 0 Å². The van der Waals surface area contributed by atoms with Crippen molar-refractivity contribution in [3.63, 3.8) is 0 Å². The van der Waals surface area contributed by atoms with E-state index in [1.54, 1.807) is 58.9 Å². The maximum absolute atomic E-state index is 12.8. The maximum atomic E-state index is 12.8. The second kappa shape index (κ2) is 13.5. The molecule has 0 fully saturated rings. The molecule has 3 N–H and O–H groups in total. The van der Waals surface area contributed by atoms with Crippen LogP contribution in [0.1, 0.15) is 42.1 Å². The van der Waals surface area contributed by atoms with Crippen LogP contribution >= 0.6 is 0 Å². The summed E-state index contributed by atoms with van der Waals surface area (Å²) >= 11 is 0. The van der Waals surface area contributed by atoms with E-state index in [-0.39, 0.29) is 6.03 Å². The highest BCUT2D eigenvalue weighted by Crippen LogP contribution is 2.17. The summed E-state index contributed by atoms with van der Waals surface area (Å²) in [5, 5.41) is 15.1. The molecule has 10 nitrogen and oxygen atoms in total. The number of urea groups is 1. The fourth-order valence-corrected chi connectivity index (χ4v) is 2.85. The molecule has 0 aliphatic heterocycles. The first-order valence-corrected chi connectivity index (χ1v) is 10.4. The number of nitrogens with zero attached hydrogens (tertiary/aromatic N) is 4. The third kappa shape index (κ3) is 8.17. The van der Waals surface area contributed by atoms with E-state index in [0.29, 0.717) is 49.7 Å². The average Bonchev–Trinajstić information content (AvgIpc) is 2.82. The molecule has 10 heteroatoms. The molecule has 0 atom stereocenters. The number of rotatable bonds is 12. The summed E-state index contributed by atoms with van der Waals surface area (Å²) in [6, 6.07) is 13.6. The van der Waals surface area contributed by atoms with Crippen molar-refractivity contribution in [3.8, 4) is 5.75 Å². The zero-order chi connectivity index (χ0) is 23.2. The number of hydroxylamine groups is 1. The number of hydrogen-bond acceptors (Lipinski definition) is 5. The molecule has 0 aliphatic rings. The lowest BCUT2D eigenvalue weighted by atomic mass is 10.1. The molecule has 0 saturated heterocycles. The highest BCUT2D eigenvalue weighted by molar-refractivity contribution is 5.93. The molecular weight excluding hydrogens is 412 g/mol. The fourth-order valence-electron chi connectivity index (χ4n) is 2.85. The third-order valence-corrected chi connectivity index (χ3v) is 4.60. The Morgan fingerprint density at radius 2 is 1.84 bits per heavy atom. The van der Waals surface area contributed by atoms with Gasteiger partial charge < -0.3 is 15.0 Å². The summed E-state index contributed by atoms with van der Waals surface area (Å²) < 4.78 is 5.58.